The van der Waals surface area contributed by atoms with Crippen molar-refractivity contribution in [2.75, 3.05) is 27.9 Å². The molecule has 0 unspecified atom stereocenters. The van der Waals surface area contributed by atoms with Gasteiger partial charge in [0.1, 0.15) is 5.75 Å². The third kappa shape index (κ3) is 5.93. The molecule has 0 saturated heterocycles. The lowest BCUT2D eigenvalue weighted by Crippen LogP contribution is -2.35. The number of amides is 1. The summed E-state index contributed by atoms with van der Waals surface area (Å²) in [5, 5.41) is 3.28. The molecule has 2 aromatic carbocycles. The highest BCUT2D eigenvalue weighted by Crippen LogP contribution is 2.25. The highest BCUT2D eigenvalue weighted by molar-refractivity contribution is 7.89. The largest absolute Gasteiger partial charge is 0.496 e. The van der Waals surface area contributed by atoms with Crippen LogP contribution in [0.3, 0.4) is 0 Å². The fourth-order valence-corrected chi connectivity index (χ4v) is 4.03. The van der Waals surface area contributed by atoms with Gasteiger partial charge in [0.25, 0.3) is 5.91 Å². The number of nitrogens with zero attached hydrogens (tertiary/aromatic N) is 1. The van der Waals surface area contributed by atoms with Gasteiger partial charge in [0.2, 0.25) is 10.0 Å². The van der Waals surface area contributed by atoms with Gasteiger partial charge in [-0.15, -0.1) is 0 Å². The Balaban J connectivity index is 2.26. The Bertz CT molecular complexity index is 948. The molecular formula is C20H25ClN2O5S. The molecule has 1 atom stereocenters. The molecule has 0 heterocycles. The normalized spacial score (nSPS) is 12.6. The minimum atomic E-state index is -3.74. The summed E-state index contributed by atoms with van der Waals surface area (Å²) in [7, 11) is 0.786. The summed E-state index contributed by atoms with van der Waals surface area (Å²) in [6, 6.07) is 10.7. The van der Waals surface area contributed by atoms with Crippen LogP contribution in [-0.4, -0.2) is 52.5 Å². The quantitative estimate of drug-likeness (QED) is 0.648. The second-order valence-corrected chi connectivity index (χ2v) is 9.05. The molecule has 7 nitrogen and oxygen atoms in total. The number of rotatable bonds is 9. The van der Waals surface area contributed by atoms with Crippen LogP contribution in [0.4, 0.5) is 0 Å². The Hall–Kier alpha value is -2.13. The van der Waals surface area contributed by atoms with E-state index in [9.17, 15) is 13.2 Å². The minimum absolute atomic E-state index is 0.0306. The zero-order valence-electron chi connectivity index (χ0n) is 16.8. The van der Waals surface area contributed by atoms with E-state index in [-0.39, 0.29) is 23.4 Å². The molecule has 0 radical (unpaired) electrons. The lowest BCUT2D eigenvalue weighted by molar-refractivity contribution is 0.0905. The van der Waals surface area contributed by atoms with Gasteiger partial charge in [-0.2, -0.15) is 4.31 Å². The number of ether oxygens (including phenoxy) is 2. The molecular weight excluding hydrogens is 416 g/mol. The maximum absolute atomic E-state index is 12.8. The van der Waals surface area contributed by atoms with Gasteiger partial charge in [-0.3, -0.25) is 4.79 Å². The fraction of sp³-hybridized carbons (Fsp3) is 0.350. The van der Waals surface area contributed by atoms with Gasteiger partial charge in [-0.05, 0) is 49.4 Å². The Labute approximate surface area is 176 Å². The van der Waals surface area contributed by atoms with Gasteiger partial charge in [0.05, 0.1) is 18.6 Å². The van der Waals surface area contributed by atoms with Crippen molar-refractivity contribution in [3.63, 3.8) is 0 Å². The summed E-state index contributed by atoms with van der Waals surface area (Å²) in [5.74, 6) is 0.214. The number of benzene rings is 2. The topological polar surface area (TPSA) is 84.9 Å². The molecule has 0 aliphatic carbocycles. The van der Waals surface area contributed by atoms with E-state index in [1.807, 2.05) is 6.92 Å². The second-order valence-electron chi connectivity index (χ2n) is 6.57. The summed E-state index contributed by atoms with van der Waals surface area (Å²) in [6.07, 6.45) is 0. The predicted octanol–water partition coefficient (Wildman–Crippen LogP) is 2.93. The monoisotopic (exact) mass is 440 g/mol. The smallest absolute Gasteiger partial charge is 0.251 e. The van der Waals surface area contributed by atoms with Crippen molar-refractivity contribution in [2.45, 2.75) is 24.4 Å². The van der Waals surface area contributed by atoms with Crippen LogP contribution in [0.5, 0.6) is 5.75 Å². The number of carbonyl (C=O) groups excluding carboxylic acids is 1. The number of carbonyl (C=O) groups is 1. The van der Waals surface area contributed by atoms with Gasteiger partial charge in [0.15, 0.2) is 0 Å². The first-order valence-electron chi connectivity index (χ1n) is 8.87. The molecule has 9 heteroatoms. The molecule has 0 aliphatic rings. The fourth-order valence-electron chi connectivity index (χ4n) is 2.75. The number of halogens is 1. The number of sulfonamides is 1. The number of hydrogen-bond acceptors (Lipinski definition) is 5. The maximum atomic E-state index is 12.8. The van der Waals surface area contributed by atoms with Gasteiger partial charge >= 0.3 is 0 Å². The zero-order valence-corrected chi connectivity index (χ0v) is 18.4. The molecule has 2 aromatic rings. The first-order chi connectivity index (χ1) is 13.7. The summed E-state index contributed by atoms with van der Waals surface area (Å²) in [4.78, 5) is 12.6. The van der Waals surface area contributed by atoms with E-state index >= 15 is 0 Å². The third-order valence-electron chi connectivity index (χ3n) is 4.25. The summed E-state index contributed by atoms with van der Waals surface area (Å²) in [5.41, 5.74) is 0.973. The second kappa shape index (κ2) is 10.1. The Morgan fingerprint density at radius 1 is 1.17 bits per heavy atom. The van der Waals surface area contributed by atoms with Gasteiger partial charge in [-0.25, -0.2) is 8.42 Å². The van der Waals surface area contributed by atoms with Crippen molar-refractivity contribution in [2.24, 2.45) is 0 Å². The van der Waals surface area contributed by atoms with E-state index in [0.29, 0.717) is 28.5 Å². The van der Waals surface area contributed by atoms with Gasteiger partial charge in [-0.1, -0.05) is 11.6 Å². The molecule has 1 N–H and O–H groups in total. The van der Waals surface area contributed by atoms with E-state index in [0.717, 1.165) is 0 Å². The highest BCUT2D eigenvalue weighted by Gasteiger charge is 2.23. The van der Waals surface area contributed by atoms with E-state index in [1.165, 1.54) is 42.7 Å². The van der Waals surface area contributed by atoms with Crippen LogP contribution in [0.25, 0.3) is 0 Å². The van der Waals surface area contributed by atoms with Crippen molar-refractivity contribution in [3.8, 4) is 5.75 Å². The Kier molecular flexibility index (Phi) is 8.04. The summed E-state index contributed by atoms with van der Waals surface area (Å²) in [6.45, 7) is 2.25. The highest BCUT2D eigenvalue weighted by atomic mass is 35.5. The van der Waals surface area contributed by atoms with Crippen LogP contribution in [0.1, 0.15) is 22.8 Å². The van der Waals surface area contributed by atoms with Crippen LogP contribution in [-0.2, 0) is 21.3 Å². The lowest BCUT2D eigenvalue weighted by Gasteiger charge is -2.20. The molecule has 0 aliphatic heterocycles. The molecule has 0 saturated carbocycles. The van der Waals surface area contributed by atoms with E-state index in [4.69, 9.17) is 21.1 Å². The van der Waals surface area contributed by atoms with E-state index in [1.54, 1.807) is 25.3 Å². The molecule has 0 aromatic heterocycles. The summed E-state index contributed by atoms with van der Waals surface area (Å²) < 4.78 is 37.2. The average molecular weight is 441 g/mol. The molecule has 29 heavy (non-hydrogen) atoms. The first-order valence-corrected chi connectivity index (χ1v) is 10.7. The van der Waals surface area contributed by atoms with E-state index < -0.39 is 10.0 Å². The SMILES string of the molecule is COC[C@H](C)NC(=O)c1ccc(OC)c(CN(C)S(=O)(=O)c2ccc(Cl)cc2)c1. The molecule has 2 rings (SSSR count). The van der Waals surface area contributed by atoms with Gasteiger partial charge in [0, 0.05) is 42.9 Å². The lowest BCUT2D eigenvalue weighted by atomic mass is 10.1. The molecule has 0 spiro atoms. The van der Waals surface area contributed by atoms with Crippen molar-refractivity contribution in [3.05, 3.63) is 58.6 Å². The van der Waals surface area contributed by atoms with E-state index in [2.05, 4.69) is 5.32 Å². The van der Waals surface area contributed by atoms with Gasteiger partial charge < -0.3 is 14.8 Å². The predicted molar refractivity (Wildman–Crippen MR) is 112 cm³/mol. The molecule has 1 amide bonds. The van der Waals surface area contributed by atoms with Crippen LogP contribution in [0, 0.1) is 0 Å². The number of nitrogens with one attached hydrogen (secondary N) is 1. The molecule has 158 valence electrons. The van der Waals surface area contributed by atoms with Crippen molar-refractivity contribution >= 4 is 27.5 Å². The Morgan fingerprint density at radius 2 is 1.83 bits per heavy atom. The molecule has 0 fully saturated rings. The van der Waals surface area contributed by atoms with Crippen LogP contribution in [0.2, 0.25) is 5.02 Å². The minimum Gasteiger partial charge on any atom is -0.496 e. The standard InChI is InChI=1S/C20H25ClN2O5S/c1-14(13-27-3)22-20(24)15-5-10-19(28-4)16(11-15)12-23(2)29(25,26)18-8-6-17(21)7-9-18/h5-11,14H,12-13H2,1-4H3,(H,22,24)/t14-/m0/s1. The first kappa shape index (κ1) is 23.2. The zero-order chi connectivity index (χ0) is 21.6. The van der Waals surface area contributed by atoms with Crippen LogP contribution < -0.4 is 10.1 Å². The summed E-state index contributed by atoms with van der Waals surface area (Å²) >= 11 is 5.84. The van der Waals surface area contributed by atoms with Crippen LogP contribution in [0.15, 0.2) is 47.4 Å². The van der Waals surface area contributed by atoms with Crippen LogP contribution >= 0.6 is 11.6 Å². The maximum Gasteiger partial charge on any atom is 0.251 e. The Morgan fingerprint density at radius 3 is 2.41 bits per heavy atom. The number of hydrogen-bond donors (Lipinski definition) is 1. The number of methoxy groups -OCH3 is 2. The third-order valence-corrected chi connectivity index (χ3v) is 6.32. The average Bonchev–Trinajstić information content (AvgIpc) is 2.68. The van der Waals surface area contributed by atoms with Crippen molar-refractivity contribution < 1.29 is 22.7 Å². The molecule has 0 bridgehead atoms. The van der Waals surface area contributed by atoms with Crippen molar-refractivity contribution in [1.29, 1.82) is 0 Å². The van der Waals surface area contributed by atoms with Crippen molar-refractivity contribution in [1.82, 2.24) is 9.62 Å².